The first-order valence-corrected chi connectivity index (χ1v) is 7.62. The molecule has 0 radical (unpaired) electrons. The molecule has 0 amide bonds. The molecule has 0 aliphatic carbocycles. The Balaban J connectivity index is 2.43. The molecule has 2 rings (SSSR count). The first-order valence-electron chi connectivity index (χ1n) is 5.20. The number of anilines is 1. The van der Waals surface area contributed by atoms with Gasteiger partial charge in [0.1, 0.15) is 16.4 Å². The largest absolute Gasteiger partial charge is 0.497 e. The van der Waals surface area contributed by atoms with Gasteiger partial charge in [-0.3, -0.25) is 4.72 Å². The van der Waals surface area contributed by atoms with Crippen molar-refractivity contribution in [1.82, 2.24) is 4.98 Å². The van der Waals surface area contributed by atoms with Gasteiger partial charge in [-0.15, -0.1) is 11.3 Å². The van der Waals surface area contributed by atoms with Crippen molar-refractivity contribution in [2.75, 3.05) is 18.9 Å². The van der Waals surface area contributed by atoms with Gasteiger partial charge in [-0.05, 0) is 12.1 Å². The minimum atomic E-state index is -3.77. The second-order valence-corrected chi connectivity index (χ2v) is 5.87. The van der Waals surface area contributed by atoms with E-state index in [9.17, 15) is 8.42 Å². The summed E-state index contributed by atoms with van der Waals surface area (Å²) in [5, 5.41) is 1.60. The number of methoxy groups -OCH3 is 2. The Morgan fingerprint density at radius 1 is 1.26 bits per heavy atom. The summed E-state index contributed by atoms with van der Waals surface area (Å²) in [5.41, 5.74) is 1.54. The zero-order chi connectivity index (χ0) is 13.9. The van der Waals surface area contributed by atoms with Gasteiger partial charge in [-0.1, -0.05) is 0 Å². The minimum Gasteiger partial charge on any atom is -0.497 e. The summed E-state index contributed by atoms with van der Waals surface area (Å²) in [5.74, 6) is 0.942. The van der Waals surface area contributed by atoms with Gasteiger partial charge < -0.3 is 9.47 Å². The molecular formula is C11H12N2O4S2. The molecule has 0 unspecified atom stereocenters. The summed E-state index contributed by atoms with van der Waals surface area (Å²) in [6.45, 7) is 0. The monoisotopic (exact) mass is 300 g/mol. The van der Waals surface area contributed by atoms with Crippen LogP contribution in [-0.4, -0.2) is 27.6 Å². The van der Waals surface area contributed by atoms with Crippen LogP contribution in [0.15, 0.2) is 34.0 Å². The molecule has 0 saturated heterocycles. The Labute approximate surface area is 115 Å². The van der Waals surface area contributed by atoms with Gasteiger partial charge >= 0.3 is 0 Å². The molecule has 0 atom stereocenters. The Morgan fingerprint density at radius 2 is 2.05 bits per heavy atom. The third-order valence-corrected chi connectivity index (χ3v) is 4.29. The van der Waals surface area contributed by atoms with Crippen molar-refractivity contribution in [2.24, 2.45) is 0 Å². The normalized spacial score (nSPS) is 11.1. The summed E-state index contributed by atoms with van der Waals surface area (Å²) in [6.07, 6.45) is 0. The van der Waals surface area contributed by atoms with Crippen LogP contribution >= 0.6 is 11.3 Å². The lowest BCUT2D eigenvalue weighted by Gasteiger charge is -2.11. The lowest BCUT2D eigenvalue weighted by Crippen LogP contribution is -2.14. The number of sulfonamides is 1. The maximum absolute atomic E-state index is 12.3. The molecule has 0 spiro atoms. The highest BCUT2D eigenvalue weighted by molar-refractivity contribution is 7.92. The summed E-state index contributed by atoms with van der Waals surface area (Å²) < 4.78 is 37.0. The number of rotatable bonds is 5. The van der Waals surface area contributed by atoms with E-state index in [4.69, 9.17) is 9.47 Å². The summed E-state index contributed by atoms with van der Waals surface area (Å²) in [4.78, 5) is 3.88. The first kappa shape index (κ1) is 13.6. The third kappa shape index (κ3) is 2.96. The fourth-order valence-electron chi connectivity index (χ4n) is 1.45. The fourth-order valence-corrected chi connectivity index (χ4v) is 3.19. The van der Waals surface area contributed by atoms with Crippen LogP contribution in [0.5, 0.6) is 11.5 Å². The van der Waals surface area contributed by atoms with Crippen LogP contribution in [-0.2, 0) is 10.0 Å². The van der Waals surface area contributed by atoms with Crippen molar-refractivity contribution in [3.63, 3.8) is 0 Å². The quantitative estimate of drug-likeness (QED) is 0.913. The van der Waals surface area contributed by atoms with Gasteiger partial charge in [0, 0.05) is 11.4 Å². The number of aromatic nitrogens is 1. The van der Waals surface area contributed by atoms with Crippen LogP contribution in [0.1, 0.15) is 0 Å². The van der Waals surface area contributed by atoms with E-state index in [0.717, 1.165) is 0 Å². The Kier molecular flexibility index (Phi) is 3.91. The van der Waals surface area contributed by atoms with Gasteiger partial charge in [0.2, 0.25) is 0 Å². The molecular weight excluding hydrogens is 288 g/mol. The van der Waals surface area contributed by atoms with E-state index in [1.165, 1.54) is 37.7 Å². The van der Waals surface area contributed by atoms with E-state index in [0.29, 0.717) is 5.75 Å². The Hall–Kier alpha value is -1.80. The second-order valence-electron chi connectivity index (χ2n) is 3.50. The highest BCUT2D eigenvalue weighted by atomic mass is 32.2. The van der Waals surface area contributed by atoms with E-state index in [1.807, 2.05) is 0 Å². The standard InChI is InChI=1S/C11H12N2O4S2/c1-16-8-3-4-9(17-2)10(5-8)19(14,15)13-11-6-18-7-12-11/h3-7,13H,1-2H3. The molecule has 2 aromatic rings. The van der Waals surface area contributed by atoms with Crippen LogP contribution in [0.4, 0.5) is 5.82 Å². The second kappa shape index (κ2) is 5.45. The molecule has 1 aromatic carbocycles. The van der Waals surface area contributed by atoms with Gasteiger partial charge in [-0.2, -0.15) is 0 Å². The Morgan fingerprint density at radius 3 is 2.63 bits per heavy atom. The van der Waals surface area contributed by atoms with Gasteiger partial charge in [0.15, 0.2) is 5.82 Å². The molecule has 1 aromatic heterocycles. The van der Waals surface area contributed by atoms with E-state index < -0.39 is 10.0 Å². The highest BCUT2D eigenvalue weighted by Crippen LogP contribution is 2.29. The maximum Gasteiger partial charge on any atom is 0.266 e. The van der Waals surface area contributed by atoms with Crippen molar-refractivity contribution in [1.29, 1.82) is 0 Å². The summed E-state index contributed by atoms with van der Waals surface area (Å²) in [6, 6.07) is 4.56. The predicted octanol–water partition coefficient (Wildman–Crippen LogP) is 1.96. The lowest BCUT2D eigenvalue weighted by molar-refractivity contribution is 0.392. The average molecular weight is 300 g/mol. The van der Waals surface area contributed by atoms with Crippen molar-refractivity contribution >= 4 is 27.2 Å². The van der Waals surface area contributed by atoms with Crippen LogP contribution < -0.4 is 14.2 Å². The van der Waals surface area contributed by atoms with E-state index >= 15 is 0 Å². The molecule has 6 nitrogen and oxygen atoms in total. The molecule has 0 aliphatic heterocycles. The predicted molar refractivity (Wildman–Crippen MR) is 72.5 cm³/mol. The molecule has 0 aliphatic rings. The average Bonchev–Trinajstić information content (AvgIpc) is 2.90. The zero-order valence-corrected chi connectivity index (χ0v) is 11.9. The van der Waals surface area contributed by atoms with Crippen molar-refractivity contribution in [3.05, 3.63) is 29.1 Å². The fraction of sp³-hybridized carbons (Fsp3) is 0.182. The van der Waals surface area contributed by atoms with Crippen molar-refractivity contribution < 1.29 is 17.9 Å². The Bertz CT molecular complexity index is 653. The van der Waals surface area contributed by atoms with Crippen molar-refractivity contribution in [3.8, 4) is 11.5 Å². The highest BCUT2D eigenvalue weighted by Gasteiger charge is 2.21. The number of hydrogen-bond acceptors (Lipinski definition) is 6. The number of thiazole rings is 1. The number of benzene rings is 1. The summed E-state index contributed by atoms with van der Waals surface area (Å²) in [7, 11) is -0.899. The van der Waals surface area contributed by atoms with E-state index in [-0.39, 0.29) is 16.5 Å². The molecule has 19 heavy (non-hydrogen) atoms. The molecule has 102 valence electrons. The third-order valence-electron chi connectivity index (χ3n) is 2.33. The van der Waals surface area contributed by atoms with Gasteiger partial charge in [0.05, 0.1) is 19.7 Å². The maximum atomic E-state index is 12.3. The van der Waals surface area contributed by atoms with Crippen LogP contribution in [0.2, 0.25) is 0 Å². The SMILES string of the molecule is COc1ccc(OC)c(S(=O)(=O)Nc2cscn2)c1. The molecule has 1 heterocycles. The molecule has 1 N–H and O–H groups in total. The van der Waals surface area contributed by atoms with Gasteiger partial charge in [-0.25, -0.2) is 13.4 Å². The molecule has 0 saturated carbocycles. The van der Waals surface area contributed by atoms with Crippen LogP contribution in [0, 0.1) is 0 Å². The van der Waals surface area contributed by atoms with E-state index in [2.05, 4.69) is 9.71 Å². The number of nitrogens with zero attached hydrogens (tertiary/aromatic N) is 1. The first-order chi connectivity index (χ1) is 9.06. The topological polar surface area (TPSA) is 77.5 Å². The number of nitrogens with one attached hydrogen (secondary N) is 1. The number of hydrogen-bond donors (Lipinski definition) is 1. The molecule has 8 heteroatoms. The zero-order valence-electron chi connectivity index (χ0n) is 10.3. The van der Waals surface area contributed by atoms with Crippen LogP contribution in [0.25, 0.3) is 0 Å². The molecule has 0 bridgehead atoms. The molecule has 0 fully saturated rings. The summed E-state index contributed by atoms with van der Waals surface area (Å²) >= 11 is 1.30. The minimum absolute atomic E-state index is 0.00218. The van der Waals surface area contributed by atoms with Crippen LogP contribution in [0.3, 0.4) is 0 Å². The van der Waals surface area contributed by atoms with E-state index in [1.54, 1.807) is 17.0 Å². The lowest BCUT2D eigenvalue weighted by atomic mass is 10.3. The smallest absolute Gasteiger partial charge is 0.266 e. The van der Waals surface area contributed by atoms with Crippen molar-refractivity contribution in [2.45, 2.75) is 4.90 Å². The number of ether oxygens (including phenoxy) is 2. The van der Waals surface area contributed by atoms with Gasteiger partial charge in [0.25, 0.3) is 10.0 Å².